The lowest BCUT2D eigenvalue weighted by Gasteiger charge is -2.58. The van der Waals surface area contributed by atoms with Gasteiger partial charge in [0, 0.05) is 35.3 Å². The minimum Gasteiger partial charge on any atom is -0.449 e. The van der Waals surface area contributed by atoms with Crippen molar-refractivity contribution in [3.05, 3.63) is 24.0 Å². The van der Waals surface area contributed by atoms with E-state index >= 15 is 0 Å². The summed E-state index contributed by atoms with van der Waals surface area (Å²) in [6.07, 6.45) is 8.75. The molecule has 148 valence electrons. The summed E-state index contributed by atoms with van der Waals surface area (Å²) in [5.41, 5.74) is 6.53. The van der Waals surface area contributed by atoms with E-state index in [1.165, 1.54) is 12.8 Å². The zero-order valence-electron chi connectivity index (χ0n) is 16.7. The summed E-state index contributed by atoms with van der Waals surface area (Å²) >= 11 is 0. The maximum absolute atomic E-state index is 11.0. The average Bonchev–Trinajstić information content (AvgIpc) is 3.10. The predicted octanol–water partition coefficient (Wildman–Crippen LogP) is 1.42. The Morgan fingerprint density at radius 2 is 2.07 bits per heavy atom. The van der Waals surface area contributed by atoms with Crippen LogP contribution >= 0.6 is 0 Å². The van der Waals surface area contributed by atoms with E-state index in [0.717, 1.165) is 47.0 Å². The van der Waals surface area contributed by atoms with Gasteiger partial charge in [-0.3, -0.25) is 0 Å². The standard InChI is InChI=1S/C21H29BN4O2/c1-11(2)25-26-19(18-15-3-4-23-20(15)24-10-16(18)22-28)17-13-5-12-6-14(17)9-21(27,7-12)8-13/h3-4,10-14,17,22,25,27-28H,5-9H2,1-2H3,(H,23,24)/b26-19-. The van der Waals surface area contributed by atoms with Crippen LogP contribution in [0.3, 0.4) is 0 Å². The van der Waals surface area contributed by atoms with Gasteiger partial charge in [-0.2, -0.15) is 5.10 Å². The summed E-state index contributed by atoms with van der Waals surface area (Å²) < 4.78 is 0. The number of aromatic amines is 1. The summed E-state index contributed by atoms with van der Waals surface area (Å²) in [7, 11) is -0.0568. The molecular weight excluding hydrogens is 351 g/mol. The van der Waals surface area contributed by atoms with Crippen LogP contribution in [0.4, 0.5) is 0 Å². The number of aliphatic hydroxyl groups is 1. The molecule has 4 aliphatic carbocycles. The number of fused-ring (bicyclic) bond motifs is 1. The van der Waals surface area contributed by atoms with Crippen molar-refractivity contribution in [2.75, 3.05) is 0 Å². The molecule has 0 radical (unpaired) electrons. The molecule has 4 N–H and O–H groups in total. The second-order valence-corrected chi connectivity index (χ2v) is 9.56. The zero-order chi connectivity index (χ0) is 19.5. The van der Waals surface area contributed by atoms with Crippen molar-refractivity contribution in [1.29, 1.82) is 0 Å². The number of aromatic nitrogens is 2. The number of nitrogens with one attached hydrogen (secondary N) is 2. The summed E-state index contributed by atoms with van der Waals surface area (Å²) in [4.78, 5) is 7.66. The molecule has 7 heteroatoms. The van der Waals surface area contributed by atoms with Gasteiger partial charge in [0.2, 0.25) is 0 Å². The smallest absolute Gasteiger partial charge is 0.307 e. The van der Waals surface area contributed by atoms with Crippen LogP contribution in [0.25, 0.3) is 11.0 Å². The van der Waals surface area contributed by atoms with Gasteiger partial charge >= 0.3 is 7.48 Å². The van der Waals surface area contributed by atoms with Gasteiger partial charge in [0.15, 0.2) is 0 Å². The first-order valence-electron chi connectivity index (χ1n) is 10.6. The monoisotopic (exact) mass is 380 g/mol. The lowest BCUT2D eigenvalue weighted by Crippen LogP contribution is -2.57. The van der Waals surface area contributed by atoms with Crippen LogP contribution < -0.4 is 10.9 Å². The van der Waals surface area contributed by atoms with Gasteiger partial charge in [-0.1, -0.05) is 0 Å². The van der Waals surface area contributed by atoms with E-state index in [4.69, 9.17) is 5.10 Å². The molecule has 0 aromatic carbocycles. The van der Waals surface area contributed by atoms with E-state index < -0.39 is 5.60 Å². The third-order valence-corrected chi connectivity index (χ3v) is 7.09. The van der Waals surface area contributed by atoms with Crippen molar-refractivity contribution in [2.45, 2.75) is 57.6 Å². The average molecular weight is 380 g/mol. The second-order valence-electron chi connectivity index (χ2n) is 9.56. The van der Waals surface area contributed by atoms with Crippen LogP contribution in [-0.4, -0.2) is 44.9 Å². The molecule has 2 heterocycles. The first-order chi connectivity index (χ1) is 13.5. The Balaban J connectivity index is 1.65. The van der Waals surface area contributed by atoms with Crippen molar-refractivity contribution >= 4 is 29.7 Å². The second kappa shape index (κ2) is 6.60. The maximum Gasteiger partial charge on any atom is 0.307 e. The molecule has 6 nitrogen and oxygen atoms in total. The Morgan fingerprint density at radius 1 is 1.32 bits per heavy atom. The van der Waals surface area contributed by atoms with Gasteiger partial charge in [-0.25, -0.2) is 4.98 Å². The highest BCUT2D eigenvalue weighted by molar-refractivity contribution is 6.49. The first-order valence-corrected chi connectivity index (χ1v) is 10.6. The molecule has 4 aliphatic rings. The van der Waals surface area contributed by atoms with Crippen molar-refractivity contribution < 1.29 is 10.1 Å². The predicted molar refractivity (Wildman–Crippen MR) is 112 cm³/mol. The van der Waals surface area contributed by atoms with Crippen LogP contribution in [0.2, 0.25) is 0 Å². The van der Waals surface area contributed by atoms with E-state index in [0.29, 0.717) is 23.7 Å². The number of hydrazone groups is 1. The number of rotatable bonds is 5. The number of hydrogen-bond donors (Lipinski definition) is 4. The van der Waals surface area contributed by atoms with Crippen LogP contribution in [0.5, 0.6) is 0 Å². The Hall–Kier alpha value is -1.86. The van der Waals surface area contributed by atoms with Gasteiger partial charge in [-0.05, 0) is 75.2 Å². The molecule has 2 unspecified atom stereocenters. The molecule has 0 spiro atoms. The summed E-state index contributed by atoms with van der Waals surface area (Å²) in [5, 5.41) is 27.0. The number of pyridine rings is 1. The minimum atomic E-state index is -0.467. The normalized spacial score (nSPS) is 34.4. The fraction of sp³-hybridized carbons (Fsp3) is 0.619. The zero-order valence-corrected chi connectivity index (χ0v) is 16.7. The fourth-order valence-electron chi connectivity index (χ4n) is 6.40. The van der Waals surface area contributed by atoms with E-state index in [1.807, 2.05) is 12.3 Å². The third kappa shape index (κ3) is 2.87. The minimum absolute atomic E-state index is 0.0568. The number of hydrogen-bond acceptors (Lipinski definition) is 5. The molecule has 0 saturated heterocycles. The number of H-pyrrole nitrogens is 1. The summed E-state index contributed by atoms with van der Waals surface area (Å²) in [5.74, 6) is 1.88. The molecular formula is C21H29BN4O2. The molecule has 0 amide bonds. The molecule has 4 fully saturated rings. The molecule has 0 aliphatic heterocycles. The van der Waals surface area contributed by atoms with Crippen molar-refractivity contribution in [1.82, 2.24) is 15.4 Å². The highest BCUT2D eigenvalue weighted by Gasteiger charge is 2.56. The third-order valence-electron chi connectivity index (χ3n) is 7.09. The molecule has 6 rings (SSSR count). The summed E-state index contributed by atoms with van der Waals surface area (Å²) in [6, 6.07) is 2.27. The van der Waals surface area contributed by atoms with Crippen molar-refractivity contribution in [3.8, 4) is 0 Å². The van der Waals surface area contributed by atoms with Crippen molar-refractivity contribution in [2.24, 2.45) is 28.8 Å². The maximum atomic E-state index is 11.0. The van der Waals surface area contributed by atoms with E-state index in [1.54, 1.807) is 6.20 Å². The van der Waals surface area contributed by atoms with Crippen LogP contribution in [0.1, 0.15) is 51.5 Å². The Morgan fingerprint density at radius 3 is 2.71 bits per heavy atom. The van der Waals surface area contributed by atoms with Crippen LogP contribution in [0, 0.1) is 23.7 Å². The molecule has 2 atom stereocenters. The number of nitrogens with zero attached hydrogens (tertiary/aromatic N) is 2. The molecule has 2 aromatic rings. The Kier molecular flexibility index (Phi) is 4.28. The quantitative estimate of drug-likeness (QED) is 0.359. The molecule has 4 saturated carbocycles. The van der Waals surface area contributed by atoms with Gasteiger partial charge in [0.1, 0.15) is 5.65 Å². The lowest BCUT2D eigenvalue weighted by molar-refractivity contribution is -0.137. The Bertz CT molecular complexity index is 908. The molecule has 4 bridgehead atoms. The molecule has 2 aromatic heterocycles. The largest absolute Gasteiger partial charge is 0.449 e. The van der Waals surface area contributed by atoms with E-state index in [-0.39, 0.29) is 13.5 Å². The highest BCUT2D eigenvalue weighted by Crippen LogP contribution is 2.59. The van der Waals surface area contributed by atoms with E-state index in [2.05, 4.69) is 29.2 Å². The van der Waals surface area contributed by atoms with Gasteiger partial charge in [0.05, 0.1) is 11.3 Å². The van der Waals surface area contributed by atoms with Crippen molar-refractivity contribution in [3.63, 3.8) is 0 Å². The van der Waals surface area contributed by atoms with Gasteiger partial charge < -0.3 is 20.5 Å². The topological polar surface area (TPSA) is 93.5 Å². The van der Waals surface area contributed by atoms with E-state index in [9.17, 15) is 10.1 Å². The van der Waals surface area contributed by atoms with Gasteiger partial charge in [-0.15, -0.1) is 0 Å². The van der Waals surface area contributed by atoms with Gasteiger partial charge in [0.25, 0.3) is 0 Å². The first kappa shape index (κ1) is 18.2. The van der Waals surface area contributed by atoms with Crippen LogP contribution in [-0.2, 0) is 0 Å². The fourth-order valence-corrected chi connectivity index (χ4v) is 6.40. The summed E-state index contributed by atoms with van der Waals surface area (Å²) in [6.45, 7) is 4.18. The van der Waals surface area contributed by atoms with Crippen LogP contribution in [0.15, 0.2) is 23.6 Å². The molecule has 28 heavy (non-hydrogen) atoms. The lowest BCUT2D eigenvalue weighted by atomic mass is 9.49. The highest BCUT2D eigenvalue weighted by atomic mass is 16.3. The Labute approximate surface area is 166 Å². The SMILES string of the molecule is CC(C)N/N=C(\c1c(BO)cnc2[nH]ccc12)C1C2CC3CC1CC(O)(C3)C2.